The number of hydrogen-bond acceptors (Lipinski definition) is 6. The van der Waals surface area contributed by atoms with Crippen LogP contribution in [0.3, 0.4) is 0 Å². The zero-order chi connectivity index (χ0) is 26.3. The summed E-state index contributed by atoms with van der Waals surface area (Å²) >= 11 is 0. The predicted octanol–water partition coefficient (Wildman–Crippen LogP) is 5.14. The lowest BCUT2D eigenvalue weighted by Gasteiger charge is -2.22. The highest BCUT2D eigenvalue weighted by Crippen LogP contribution is 2.41. The smallest absolute Gasteiger partial charge is 0.411 e. The average molecular weight is 515 g/mol. The first kappa shape index (κ1) is 25.8. The van der Waals surface area contributed by atoms with Crippen molar-refractivity contribution in [1.29, 1.82) is 0 Å². The molecule has 1 heterocycles. The molecule has 3 aromatic rings. The van der Waals surface area contributed by atoms with Crippen molar-refractivity contribution in [3.05, 3.63) is 89.5 Å². The first-order valence-corrected chi connectivity index (χ1v) is 13.1. The SMILES string of the molecule is Nc1ccccc1NC(=O)c1ccc(NC(=O)OCc2ccc([C@H]3C[C@@H]3NCC3CCOCC3)cc2)cc1. The first-order chi connectivity index (χ1) is 18.5. The molecule has 0 spiro atoms. The minimum Gasteiger partial charge on any atom is -0.444 e. The van der Waals surface area contributed by atoms with Crippen LogP contribution in [0.2, 0.25) is 0 Å². The van der Waals surface area contributed by atoms with Crippen LogP contribution in [0, 0.1) is 5.92 Å². The average Bonchev–Trinajstić information content (AvgIpc) is 3.73. The standard InChI is InChI=1S/C30H34N4O4/c31-26-3-1-2-4-27(26)34-29(35)23-9-11-24(12-10-23)33-30(36)38-19-21-5-7-22(8-6-21)25-17-28(25)32-18-20-13-15-37-16-14-20/h1-12,20,25,28,32H,13-19,31H2,(H,33,36)(H,34,35)/t25-,28+/m1/s1. The molecule has 0 bridgehead atoms. The maximum atomic E-state index is 12.5. The van der Waals surface area contributed by atoms with E-state index in [1.54, 1.807) is 48.5 Å². The van der Waals surface area contributed by atoms with Gasteiger partial charge in [-0.05, 0) is 79.3 Å². The van der Waals surface area contributed by atoms with Gasteiger partial charge in [-0.3, -0.25) is 10.1 Å². The molecule has 5 N–H and O–H groups in total. The summed E-state index contributed by atoms with van der Waals surface area (Å²) in [7, 11) is 0. The van der Waals surface area contributed by atoms with Crippen LogP contribution in [-0.4, -0.2) is 37.8 Å². The van der Waals surface area contributed by atoms with E-state index in [1.165, 1.54) is 12.0 Å². The van der Waals surface area contributed by atoms with Gasteiger partial charge in [0.25, 0.3) is 5.91 Å². The molecule has 2 aliphatic rings. The number of ether oxygens (including phenoxy) is 2. The Hall–Kier alpha value is -3.88. The van der Waals surface area contributed by atoms with Crippen LogP contribution in [0.25, 0.3) is 0 Å². The number of para-hydroxylation sites is 2. The molecule has 198 valence electrons. The van der Waals surface area contributed by atoms with Gasteiger partial charge in [-0.25, -0.2) is 4.79 Å². The maximum absolute atomic E-state index is 12.5. The van der Waals surface area contributed by atoms with E-state index in [0.29, 0.717) is 34.6 Å². The van der Waals surface area contributed by atoms with E-state index in [-0.39, 0.29) is 12.5 Å². The normalized spacial score (nSPS) is 18.9. The van der Waals surface area contributed by atoms with Crippen molar-refractivity contribution in [2.24, 2.45) is 5.92 Å². The second-order valence-electron chi connectivity index (χ2n) is 9.97. The van der Waals surface area contributed by atoms with Gasteiger partial charge in [-0.15, -0.1) is 0 Å². The molecule has 1 saturated carbocycles. The van der Waals surface area contributed by atoms with Crippen LogP contribution in [0.4, 0.5) is 21.9 Å². The molecular weight excluding hydrogens is 480 g/mol. The Balaban J connectivity index is 1.03. The minimum absolute atomic E-state index is 0.182. The lowest BCUT2D eigenvalue weighted by atomic mass is 10.0. The third kappa shape index (κ3) is 6.90. The van der Waals surface area contributed by atoms with E-state index in [0.717, 1.165) is 44.1 Å². The number of hydrogen-bond donors (Lipinski definition) is 4. The van der Waals surface area contributed by atoms with E-state index in [2.05, 4.69) is 28.1 Å². The zero-order valence-electron chi connectivity index (χ0n) is 21.3. The number of benzene rings is 3. The molecule has 0 radical (unpaired) electrons. The first-order valence-electron chi connectivity index (χ1n) is 13.1. The fourth-order valence-corrected chi connectivity index (χ4v) is 4.73. The summed E-state index contributed by atoms with van der Waals surface area (Å²) in [5, 5.41) is 9.19. The Kier molecular flexibility index (Phi) is 8.21. The van der Waals surface area contributed by atoms with Crippen molar-refractivity contribution < 1.29 is 19.1 Å². The number of nitrogens with two attached hydrogens (primary N) is 1. The molecule has 0 unspecified atom stereocenters. The molecule has 5 rings (SSSR count). The van der Waals surface area contributed by atoms with Crippen LogP contribution < -0.4 is 21.7 Å². The second kappa shape index (κ2) is 12.1. The van der Waals surface area contributed by atoms with Crippen LogP contribution in [0.5, 0.6) is 0 Å². The number of carbonyl (C=O) groups excluding carboxylic acids is 2. The number of amides is 2. The van der Waals surface area contributed by atoms with Gasteiger partial charge >= 0.3 is 6.09 Å². The third-order valence-corrected chi connectivity index (χ3v) is 7.18. The fraction of sp³-hybridized carbons (Fsp3) is 0.333. The largest absolute Gasteiger partial charge is 0.444 e. The Morgan fingerprint density at radius 3 is 2.39 bits per heavy atom. The molecular formula is C30H34N4O4. The monoisotopic (exact) mass is 514 g/mol. The molecule has 2 amide bonds. The topological polar surface area (TPSA) is 115 Å². The van der Waals surface area contributed by atoms with Gasteiger partial charge in [0.2, 0.25) is 0 Å². The quantitative estimate of drug-likeness (QED) is 0.294. The Morgan fingerprint density at radius 2 is 1.66 bits per heavy atom. The Morgan fingerprint density at radius 1 is 0.921 bits per heavy atom. The molecule has 0 aromatic heterocycles. The van der Waals surface area contributed by atoms with Crippen molar-refractivity contribution in [3.8, 4) is 0 Å². The lowest BCUT2D eigenvalue weighted by molar-refractivity contribution is 0.0662. The number of nitrogens with one attached hydrogen (secondary N) is 3. The summed E-state index contributed by atoms with van der Waals surface area (Å²) in [5.74, 6) is 1.00. The van der Waals surface area contributed by atoms with Crippen molar-refractivity contribution in [2.45, 2.75) is 37.8 Å². The number of carbonyl (C=O) groups is 2. The van der Waals surface area contributed by atoms with Gasteiger partial charge < -0.3 is 25.8 Å². The van der Waals surface area contributed by atoms with Gasteiger partial charge in [0.05, 0.1) is 11.4 Å². The van der Waals surface area contributed by atoms with Crippen LogP contribution >= 0.6 is 0 Å². The van der Waals surface area contributed by atoms with Crippen molar-refractivity contribution in [1.82, 2.24) is 5.32 Å². The maximum Gasteiger partial charge on any atom is 0.411 e. The van der Waals surface area contributed by atoms with E-state index in [9.17, 15) is 9.59 Å². The van der Waals surface area contributed by atoms with Crippen molar-refractivity contribution >= 4 is 29.1 Å². The Bertz CT molecular complexity index is 1240. The van der Waals surface area contributed by atoms with Gasteiger partial charge in [-0.1, -0.05) is 36.4 Å². The summed E-state index contributed by atoms with van der Waals surface area (Å²) in [6.45, 7) is 3.03. The highest BCUT2D eigenvalue weighted by Gasteiger charge is 2.38. The minimum atomic E-state index is -0.553. The van der Waals surface area contributed by atoms with Gasteiger partial charge in [0, 0.05) is 36.4 Å². The van der Waals surface area contributed by atoms with Gasteiger partial charge in [0.1, 0.15) is 6.61 Å². The second-order valence-corrected chi connectivity index (χ2v) is 9.97. The van der Waals surface area contributed by atoms with Crippen molar-refractivity contribution in [3.63, 3.8) is 0 Å². The summed E-state index contributed by atoms with van der Waals surface area (Å²) in [6.07, 6.45) is 2.92. The third-order valence-electron chi connectivity index (χ3n) is 7.18. The molecule has 2 fully saturated rings. The fourth-order valence-electron chi connectivity index (χ4n) is 4.73. The predicted molar refractivity (Wildman–Crippen MR) is 148 cm³/mol. The zero-order valence-corrected chi connectivity index (χ0v) is 21.3. The molecule has 38 heavy (non-hydrogen) atoms. The lowest BCUT2D eigenvalue weighted by Crippen LogP contribution is -2.29. The van der Waals surface area contributed by atoms with Crippen LogP contribution in [-0.2, 0) is 16.1 Å². The molecule has 8 nitrogen and oxygen atoms in total. The Labute approximate surface area is 222 Å². The highest BCUT2D eigenvalue weighted by molar-refractivity contribution is 6.06. The van der Waals surface area contributed by atoms with Gasteiger partial charge in [0.15, 0.2) is 0 Å². The summed E-state index contributed by atoms with van der Waals surface area (Å²) in [5.41, 5.74) is 10.2. The number of rotatable bonds is 9. The molecule has 8 heteroatoms. The van der Waals surface area contributed by atoms with Gasteiger partial charge in [-0.2, -0.15) is 0 Å². The van der Waals surface area contributed by atoms with Crippen molar-refractivity contribution in [2.75, 3.05) is 36.1 Å². The molecule has 3 aromatic carbocycles. The van der Waals surface area contributed by atoms with E-state index < -0.39 is 6.09 Å². The highest BCUT2D eigenvalue weighted by atomic mass is 16.5. The molecule has 2 atom stereocenters. The summed E-state index contributed by atoms with van der Waals surface area (Å²) in [6, 6.07) is 22.5. The van der Waals surface area contributed by atoms with E-state index in [1.807, 2.05) is 12.1 Å². The van der Waals surface area contributed by atoms with E-state index in [4.69, 9.17) is 15.2 Å². The molecule has 1 aliphatic carbocycles. The number of nitrogen functional groups attached to an aromatic ring is 1. The van der Waals surface area contributed by atoms with Crippen LogP contribution in [0.1, 0.15) is 46.7 Å². The summed E-state index contributed by atoms with van der Waals surface area (Å²) < 4.78 is 10.8. The van der Waals surface area contributed by atoms with E-state index >= 15 is 0 Å². The number of anilines is 3. The summed E-state index contributed by atoms with van der Waals surface area (Å²) in [4.78, 5) is 24.7. The van der Waals surface area contributed by atoms with Crippen LogP contribution in [0.15, 0.2) is 72.8 Å². The molecule has 1 saturated heterocycles. The molecule has 1 aliphatic heterocycles.